The number of nitrogens with zero attached hydrogens (tertiary/aromatic N) is 2. The van der Waals surface area contributed by atoms with Crippen LogP contribution >= 0.6 is 0 Å². The second kappa shape index (κ2) is 9.08. The van der Waals surface area contributed by atoms with Crippen molar-refractivity contribution in [2.45, 2.75) is 39.4 Å². The van der Waals surface area contributed by atoms with Crippen molar-refractivity contribution in [1.29, 1.82) is 0 Å². The second-order valence-electron chi connectivity index (χ2n) is 6.31. The van der Waals surface area contributed by atoms with Crippen LogP contribution in [0.5, 0.6) is 0 Å². The van der Waals surface area contributed by atoms with Gasteiger partial charge < -0.3 is 15.7 Å². The molecule has 0 spiro atoms. The van der Waals surface area contributed by atoms with Crippen LogP contribution in [0.2, 0.25) is 0 Å². The third-order valence-corrected chi connectivity index (χ3v) is 3.76. The molecule has 3 N–H and O–H groups in total. The van der Waals surface area contributed by atoms with Crippen molar-refractivity contribution in [3.63, 3.8) is 0 Å². The first-order chi connectivity index (χ1) is 11.6. The normalized spacial score (nSPS) is 12.2. The van der Waals surface area contributed by atoms with Gasteiger partial charge in [-0.1, -0.05) is 38.1 Å². The summed E-state index contributed by atoms with van der Waals surface area (Å²) in [5.41, 5.74) is 2.16. The minimum Gasteiger partial charge on any atom is -0.394 e. The van der Waals surface area contributed by atoms with Gasteiger partial charge in [0.1, 0.15) is 0 Å². The summed E-state index contributed by atoms with van der Waals surface area (Å²) in [6, 6.07) is 9.37. The summed E-state index contributed by atoms with van der Waals surface area (Å²) < 4.78 is 1.85. The topological polar surface area (TPSA) is 79.2 Å². The lowest BCUT2D eigenvalue weighted by Crippen LogP contribution is -2.44. The molecule has 0 aliphatic heterocycles. The number of nitrogens with one attached hydrogen (secondary N) is 2. The van der Waals surface area contributed by atoms with Crippen LogP contribution in [0, 0.1) is 5.92 Å². The number of aromatic nitrogens is 2. The number of urea groups is 1. The molecule has 6 nitrogen and oxygen atoms in total. The average molecular weight is 330 g/mol. The van der Waals surface area contributed by atoms with E-state index < -0.39 is 0 Å². The van der Waals surface area contributed by atoms with Crippen LogP contribution < -0.4 is 10.6 Å². The van der Waals surface area contributed by atoms with Crippen LogP contribution in [0.3, 0.4) is 0 Å². The molecule has 0 radical (unpaired) electrons. The van der Waals surface area contributed by atoms with E-state index in [1.807, 2.05) is 41.2 Å². The van der Waals surface area contributed by atoms with E-state index in [0.717, 1.165) is 17.5 Å². The summed E-state index contributed by atoms with van der Waals surface area (Å²) in [5.74, 6) is 0.414. The van der Waals surface area contributed by atoms with Gasteiger partial charge in [-0.15, -0.1) is 0 Å². The van der Waals surface area contributed by atoms with E-state index in [-0.39, 0.29) is 18.7 Å². The van der Waals surface area contributed by atoms with Crippen molar-refractivity contribution in [1.82, 2.24) is 20.4 Å². The molecule has 0 aliphatic rings. The van der Waals surface area contributed by atoms with Gasteiger partial charge in [-0.25, -0.2) is 4.79 Å². The Morgan fingerprint density at radius 1 is 1.25 bits per heavy atom. The highest BCUT2D eigenvalue weighted by Crippen LogP contribution is 2.10. The standard InChI is InChI=1S/C18H26N4O2/c1-14(2)10-17(13-23)21-18(24)19-11-15-6-3-4-7-16(15)12-22-9-5-8-20-22/h3-9,14,17,23H,10-13H2,1-2H3,(H2,19,21,24). The van der Waals surface area contributed by atoms with Crippen molar-refractivity contribution < 1.29 is 9.90 Å². The van der Waals surface area contributed by atoms with Gasteiger partial charge in [-0.05, 0) is 29.5 Å². The first-order valence-electron chi connectivity index (χ1n) is 8.28. The molecule has 0 aliphatic carbocycles. The second-order valence-corrected chi connectivity index (χ2v) is 6.31. The van der Waals surface area contributed by atoms with Crippen LogP contribution in [0.25, 0.3) is 0 Å². The van der Waals surface area contributed by atoms with E-state index in [9.17, 15) is 9.90 Å². The maximum absolute atomic E-state index is 12.0. The smallest absolute Gasteiger partial charge is 0.315 e. The molecule has 1 aromatic heterocycles. The van der Waals surface area contributed by atoms with Gasteiger partial charge in [0.2, 0.25) is 0 Å². The molecule has 2 rings (SSSR count). The molecule has 130 valence electrons. The Kier molecular flexibility index (Phi) is 6.81. The summed E-state index contributed by atoms with van der Waals surface area (Å²) in [6.45, 7) is 5.17. The fourth-order valence-corrected chi connectivity index (χ4v) is 2.61. The van der Waals surface area contributed by atoms with E-state index in [4.69, 9.17) is 0 Å². The Bertz CT molecular complexity index is 626. The van der Waals surface area contributed by atoms with Gasteiger partial charge in [0.15, 0.2) is 0 Å². The van der Waals surface area contributed by atoms with Crippen LogP contribution in [0.15, 0.2) is 42.7 Å². The van der Waals surface area contributed by atoms with Crippen molar-refractivity contribution in [3.8, 4) is 0 Å². The molecule has 1 unspecified atom stereocenters. The zero-order chi connectivity index (χ0) is 17.4. The third-order valence-electron chi connectivity index (χ3n) is 3.76. The fourth-order valence-electron chi connectivity index (χ4n) is 2.61. The van der Waals surface area contributed by atoms with Gasteiger partial charge in [-0.2, -0.15) is 5.10 Å². The highest BCUT2D eigenvalue weighted by molar-refractivity contribution is 5.74. The molecular weight excluding hydrogens is 304 g/mol. The van der Waals surface area contributed by atoms with Crippen LogP contribution in [0.1, 0.15) is 31.4 Å². The summed E-state index contributed by atoms with van der Waals surface area (Å²) in [5, 5.41) is 19.2. The predicted molar refractivity (Wildman–Crippen MR) is 93.5 cm³/mol. The Hall–Kier alpha value is -2.34. The molecule has 1 heterocycles. The predicted octanol–water partition coefficient (Wildman–Crippen LogP) is 2.14. The molecule has 1 atom stereocenters. The molecule has 0 bridgehead atoms. The number of carbonyl (C=O) groups is 1. The summed E-state index contributed by atoms with van der Waals surface area (Å²) in [4.78, 5) is 12.0. The Labute approximate surface area is 142 Å². The molecule has 1 aromatic carbocycles. The number of rotatable bonds is 8. The lowest BCUT2D eigenvalue weighted by atomic mass is 10.0. The zero-order valence-corrected chi connectivity index (χ0v) is 14.3. The molecule has 0 saturated carbocycles. The summed E-state index contributed by atoms with van der Waals surface area (Å²) in [6.07, 6.45) is 4.41. The number of carbonyl (C=O) groups excluding carboxylic acids is 1. The Balaban J connectivity index is 1.90. The third kappa shape index (κ3) is 5.70. The van der Waals surface area contributed by atoms with Crippen LogP contribution in [-0.2, 0) is 13.1 Å². The largest absolute Gasteiger partial charge is 0.394 e. The van der Waals surface area contributed by atoms with E-state index in [0.29, 0.717) is 19.0 Å². The zero-order valence-electron chi connectivity index (χ0n) is 14.3. The minimum atomic E-state index is -0.261. The van der Waals surface area contributed by atoms with E-state index in [2.05, 4.69) is 29.6 Å². The van der Waals surface area contributed by atoms with Crippen molar-refractivity contribution in [3.05, 3.63) is 53.9 Å². The highest BCUT2D eigenvalue weighted by atomic mass is 16.3. The average Bonchev–Trinajstić information content (AvgIpc) is 3.06. The van der Waals surface area contributed by atoms with Gasteiger partial charge in [0, 0.05) is 18.9 Å². The number of aliphatic hydroxyl groups is 1. The van der Waals surface area contributed by atoms with E-state index in [1.54, 1.807) is 6.20 Å². The number of hydrogen-bond acceptors (Lipinski definition) is 3. The van der Waals surface area contributed by atoms with E-state index in [1.165, 1.54) is 0 Å². The van der Waals surface area contributed by atoms with E-state index >= 15 is 0 Å². The fraction of sp³-hybridized carbons (Fsp3) is 0.444. The Morgan fingerprint density at radius 3 is 2.62 bits per heavy atom. The monoisotopic (exact) mass is 330 g/mol. The maximum Gasteiger partial charge on any atom is 0.315 e. The number of hydrogen-bond donors (Lipinski definition) is 3. The highest BCUT2D eigenvalue weighted by Gasteiger charge is 2.13. The molecule has 0 saturated heterocycles. The van der Waals surface area contributed by atoms with Gasteiger partial charge in [-0.3, -0.25) is 4.68 Å². The van der Waals surface area contributed by atoms with Crippen molar-refractivity contribution >= 4 is 6.03 Å². The molecule has 0 fully saturated rings. The molecule has 2 amide bonds. The molecular formula is C18H26N4O2. The number of aliphatic hydroxyl groups excluding tert-OH is 1. The van der Waals surface area contributed by atoms with Crippen LogP contribution in [0.4, 0.5) is 4.79 Å². The minimum absolute atomic E-state index is 0.0541. The maximum atomic E-state index is 12.0. The number of amides is 2. The van der Waals surface area contributed by atoms with Crippen molar-refractivity contribution in [2.24, 2.45) is 5.92 Å². The lowest BCUT2D eigenvalue weighted by molar-refractivity contribution is 0.206. The molecule has 2 aromatic rings. The first-order valence-corrected chi connectivity index (χ1v) is 8.28. The van der Waals surface area contributed by atoms with Crippen molar-refractivity contribution in [2.75, 3.05) is 6.61 Å². The SMILES string of the molecule is CC(C)CC(CO)NC(=O)NCc1ccccc1Cn1cccn1. The summed E-state index contributed by atoms with van der Waals surface area (Å²) >= 11 is 0. The van der Waals surface area contributed by atoms with Gasteiger partial charge in [0.05, 0.1) is 19.2 Å². The number of benzene rings is 1. The molecule has 6 heteroatoms. The molecule has 24 heavy (non-hydrogen) atoms. The Morgan fingerprint density at radius 2 is 2.00 bits per heavy atom. The van der Waals surface area contributed by atoms with Gasteiger partial charge in [0.25, 0.3) is 0 Å². The van der Waals surface area contributed by atoms with Gasteiger partial charge >= 0.3 is 6.03 Å². The summed E-state index contributed by atoms with van der Waals surface area (Å²) in [7, 11) is 0. The first kappa shape index (κ1) is 18.0. The lowest BCUT2D eigenvalue weighted by Gasteiger charge is -2.19. The van der Waals surface area contributed by atoms with Crippen LogP contribution in [-0.4, -0.2) is 33.6 Å². The quantitative estimate of drug-likeness (QED) is 0.694.